The molecule has 368 valence electrons. The fourth-order valence-electron chi connectivity index (χ4n) is 7.31. The van der Waals surface area contributed by atoms with Gasteiger partial charge in [-0.3, -0.25) is 0 Å². The first-order chi connectivity index (χ1) is 36.0. The normalized spacial score (nSPS) is 11.4. The maximum Gasteiger partial charge on any atom is 0.338 e. The number of carboxylic acid groups (broad SMARTS) is 1. The van der Waals surface area contributed by atoms with Crippen molar-refractivity contribution in [3.63, 3.8) is 0 Å². The highest BCUT2D eigenvalue weighted by Gasteiger charge is 2.21. The zero-order valence-electron chi connectivity index (χ0n) is 40.3. The monoisotopic (exact) mass is 984 g/mol. The minimum absolute atomic E-state index is 0.0254. The van der Waals surface area contributed by atoms with Crippen molar-refractivity contribution in [3.8, 4) is 24.0 Å². The van der Waals surface area contributed by atoms with Crippen LogP contribution in [0.25, 0.3) is 0 Å². The minimum Gasteiger partial charge on any atom is -0.487 e. The Hall–Kier alpha value is -10.1. The summed E-state index contributed by atoms with van der Waals surface area (Å²) in [5, 5.41) is 73.0. The largest absolute Gasteiger partial charge is 0.487 e. The van der Waals surface area contributed by atoms with Gasteiger partial charge in [0.05, 0.1) is 106 Å². The molecule has 18 heteroatoms. The molecule has 7 rings (SSSR count). The van der Waals surface area contributed by atoms with Crippen molar-refractivity contribution in [2.75, 3.05) is 68.2 Å². The summed E-state index contributed by atoms with van der Waals surface area (Å²) in [7, 11) is 3.79. The smallest absolute Gasteiger partial charge is 0.338 e. The van der Waals surface area contributed by atoms with Crippen LogP contribution in [-0.4, -0.2) is 81.7 Å². The standard InChI is InChI=1S/C56H48N12O6/c1-66(50-21-15-47(16-22-50)63-60-44-9-3-39(34-57)4-10-44)37-54(38-67(2)51-23-17-48(18-24-51)64-61-45-11-5-40(35-58)6-12-45)74-53-32-42(55(70)71)31-43(33-53)56(72)73-30-28-68(27-29-69)52-25-19-49(20-26-52)65-62-46-13-7-41(36-59)8-14-46/h3-26,31-33,54,69H,27-30,37-38H2,1-2H3,(H,70,71). The van der Waals surface area contributed by atoms with Crippen molar-refractivity contribution in [1.29, 1.82) is 15.8 Å². The first-order valence-corrected chi connectivity index (χ1v) is 23.1. The molecule has 0 aliphatic heterocycles. The van der Waals surface area contributed by atoms with Gasteiger partial charge in [0.2, 0.25) is 0 Å². The van der Waals surface area contributed by atoms with E-state index in [2.05, 4.69) is 48.9 Å². The second-order valence-corrected chi connectivity index (χ2v) is 16.5. The molecular weight excluding hydrogens is 937 g/mol. The predicted molar refractivity (Wildman–Crippen MR) is 279 cm³/mol. The van der Waals surface area contributed by atoms with Crippen molar-refractivity contribution in [1.82, 2.24) is 0 Å². The summed E-state index contributed by atoms with van der Waals surface area (Å²) in [6, 6.07) is 52.5. The number of nitrogens with zero attached hydrogens (tertiary/aromatic N) is 12. The lowest BCUT2D eigenvalue weighted by molar-refractivity contribution is 0.0513. The maximum atomic E-state index is 13.6. The van der Waals surface area contributed by atoms with Gasteiger partial charge < -0.3 is 34.4 Å². The molecule has 0 aromatic heterocycles. The van der Waals surface area contributed by atoms with Crippen LogP contribution in [0.3, 0.4) is 0 Å². The van der Waals surface area contributed by atoms with Crippen molar-refractivity contribution in [2.24, 2.45) is 30.7 Å². The lowest BCUT2D eigenvalue weighted by atomic mass is 10.1. The number of ether oxygens (including phenoxy) is 2. The topological polar surface area (TPSA) is 248 Å². The van der Waals surface area contributed by atoms with E-state index in [4.69, 9.17) is 25.3 Å². The summed E-state index contributed by atoms with van der Waals surface area (Å²) < 4.78 is 12.3. The van der Waals surface area contributed by atoms with E-state index < -0.39 is 18.0 Å². The fourth-order valence-corrected chi connectivity index (χ4v) is 7.31. The van der Waals surface area contributed by atoms with E-state index in [-0.39, 0.29) is 43.2 Å². The molecule has 0 aliphatic rings. The van der Waals surface area contributed by atoms with Crippen molar-refractivity contribution < 1.29 is 29.3 Å². The number of benzene rings is 7. The molecule has 7 aromatic carbocycles. The summed E-state index contributed by atoms with van der Waals surface area (Å²) in [5.74, 6) is -1.89. The molecule has 0 aliphatic carbocycles. The van der Waals surface area contributed by atoms with Gasteiger partial charge >= 0.3 is 11.9 Å². The molecule has 7 aromatic rings. The number of esters is 1. The third-order valence-corrected chi connectivity index (χ3v) is 11.2. The molecule has 0 amide bonds. The average molecular weight is 985 g/mol. The van der Waals surface area contributed by atoms with Crippen molar-refractivity contribution in [2.45, 2.75) is 6.10 Å². The Morgan fingerprint density at radius 2 is 0.865 bits per heavy atom. The number of likely N-dealkylation sites (N-methyl/N-ethyl adjacent to an activating group) is 2. The van der Waals surface area contributed by atoms with Gasteiger partial charge in [0.15, 0.2) is 0 Å². The molecule has 0 saturated heterocycles. The van der Waals surface area contributed by atoms with Crippen LogP contribution in [0.5, 0.6) is 5.75 Å². The van der Waals surface area contributed by atoms with E-state index in [1.165, 1.54) is 18.2 Å². The van der Waals surface area contributed by atoms with E-state index in [1.54, 1.807) is 97.1 Å². The summed E-state index contributed by atoms with van der Waals surface area (Å²) in [6.45, 7) is 0.819. The number of hydrogen-bond donors (Lipinski definition) is 2. The Kier molecular flexibility index (Phi) is 18.0. The van der Waals surface area contributed by atoms with Gasteiger partial charge in [0.1, 0.15) is 18.5 Å². The molecule has 18 nitrogen and oxygen atoms in total. The van der Waals surface area contributed by atoms with Gasteiger partial charge in [-0.2, -0.15) is 46.5 Å². The number of carbonyl (C=O) groups excluding carboxylic acids is 1. The number of aliphatic hydroxyl groups excluding tert-OH is 1. The fraction of sp³-hybridized carbons (Fsp3) is 0.161. The quantitative estimate of drug-likeness (QED) is 0.0475. The Labute approximate surface area is 427 Å². The summed E-state index contributed by atoms with van der Waals surface area (Å²) >= 11 is 0. The molecule has 0 radical (unpaired) electrons. The molecule has 0 saturated carbocycles. The summed E-state index contributed by atoms with van der Waals surface area (Å²) in [6.07, 6.45) is -0.611. The Bertz CT molecular complexity index is 3120. The van der Waals surface area contributed by atoms with Crippen LogP contribution >= 0.6 is 0 Å². The molecule has 0 bridgehead atoms. The Balaban J connectivity index is 1.05. The third-order valence-electron chi connectivity index (χ3n) is 11.2. The van der Waals surface area contributed by atoms with Crippen LogP contribution in [0.15, 0.2) is 194 Å². The number of carboxylic acids is 1. The van der Waals surface area contributed by atoms with Crippen LogP contribution < -0.4 is 19.4 Å². The maximum absolute atomic E-state index is 13.6. The Morgan fingerprint density at radius 3 is 1.22 bits per heavy atom. The van der Waals surface area contributed by atoms with Gasteiger partial charge in [0.25, 0.3) is 0 Å². The number of aliphatic hydroxyl groups is 1. The van der Waals surface area contributed by atoms with Crippen molar-refractivity contribution >= 4 is 63.1 Å². The third kappa shape index (κ3) is 15.0. The van der Waals surface area contributed by atoms with E-state index in [0.717, 1.165) is 17.1 Å². The molecular formula is C56H48N12O6. The molecule has 0 spiro atoms. The van der Waals surface area contributed by atoms with Gasteiger partial charge in [-0.1, -0.05) is 0 Å². The summed E-state index contributed by atoms with van der Waals surface area (Å²) in [5.41, 5.74) is 7.36. The molecule has 0 atom stereocenters. The van der Waals surface area contributed by atoms with E-state index >= 15 is 0 Å². The van der Waals surface area contributed by atoms with Crippen LogP contribution in [0.2, 0.25) is 0 Å². The SMILES string of the molecule is CN(CC(CN(C)c1ccc(N=Nc2ccc(C#N)cc2)cc1)Oc1cc(C(=O)O)cc(C(=O)OCCN(CCO)c2ccc(N=Nc3ccc(C#N)cc3)cc2)c1)c1ccc(N=Nc2ccc(C#N)cc2)cc1. The number of nitriles is 3. The summed E-state index contributed by atoms with van der Waals surface area (Å²) in [4.78, 5) is 31.9. The first kappa shape index (κ1) is 51.8. The number of rotatable bonds is 22. The average Bonchev–Trinajstić information content (AvgIpc) is 3.43. The zero-order chi connectivity index (χ0) is 52.2. The lowest BCUT2D eigenvalue weighted by Crippen LogP contribution is -2.41. The Morgan fingerprint density at radius 1 is 0.514 bits per heavy atom. The molecule has 0 fully saturated rings. The van der Waals surface area contributed by atoms with E-state index in [1.807, 2.05) is 77.3 Å². The number of hydrogen-bond acceptors (Lipinski definition) is 17. The van der Waals surface area contributed by atoms with Crippen LogP contribution in [0, 0.1) is 34.0 Å². The number of carbonyl (C=O) groups is 2. The first-order valence-electron chi connectivity index (χ1n) is 23.1. The molecule has 74 heavy (non-hydrogen) atoms. The molecule has 0 heterocycles. The highest BCUT2D eigenvalue weighted by molar-refractivity contribution is 5.95. The van der Waals surface area contributed by atoms with Crippen LogP contribution in [-0.2, 0) is 4.74 Å². The van der Waals surface area contributed by atoms with E-state index in [0.29, 0.717) is 63.9 Å². The zero-order valence-corrected chi connectivity index (χ0v) is 40.3. The van der Waals surface area contributed by atoms with Crippen LogP contribution in [0.4, 0.5) is 51.2 Å². The number of anilines is 3. The van der Waals surface area contributed by atoms with Gasteiger partial charge in [0, 0.05) is 37.7 Å². The minimum atomic E-state index is -1.27. The second kappa shape index (κ2) is 25.7. The lowest BCUT2D eigenvalue weighted by Gasteiger charge is -2.31. The predicted octanol–water partition coefficient (Wildman–Crippen LogP) is 11.9. The van der Waals surface area contributed by atoms with Gasteiger partial charge in [-0.05, 0) is 164 Å². The van der Waals surface area contributed by atoms with E-state index in [9.17, 15) is 19.8 Å². The number of aromatic carboxylic acids is 1. The molecule has 0 unspecified atom stereocenters. The van der Waals surface area contributed by atoms with Crippen molar-refractivity contribution in [3.05, 3.63) is 192 Å². The highest BCUT2D eigenvalue weighted by Crippen LogP contribution is 2.28. The van der Waals surface area contributed by atoms with Gasteiger partial charge in [-0.25, -0.2) is 9.59 Å². The number of azo groups is 3. The van der Waals surface area contributed by atoms with Crippen LogP contribution in [0.1, 0.15) is 37.4 Å². The molecule has 2 N–H and O–H groups in total. The highest BCUT2D eigenvalue weighted by atomic mass is 16.5. The second-order valence-electron chi connectivity index (χ2n) is 16.5. The van der Waals surface area contributed by atoms with Gasteiger partial charge in [-0.15, -0.1) is 0 Å².